The summed E-state index contributed by atoms with van der Waals surface area (Å²) in [5.74, 6) is 1.69. The lowest BCUT2D eigenvalue weighted by molar-refractivity contribution is 0.421. The molecule has 0 aliphatic heterocycles. The van der Waals surface area contributed by atoms with Crippen LogP contribution in [0.1, 0.15) is 0 Å². The largest absolute Gasteiger partial charge is 0.495 e. The first kappa shape index (κ1) is 42.2. The van der Waals surface area contributed by atoms with E-state index < -0.39 is 0 Å². The lowest BCUT2D eigenvalue weighted by Crippen LogP contribution is -1.89. The molecule has 0 amide bonds. The average molecular weight is 1110 g/mol. The van der Waals surface area contributed by atoms with Crippen molar-refractivity contribution in [3.8, 4) is 72.8 Å². The molecule has 16 rings (SSSR count). The van der Waals surface area contributed by atoms with Gasteiger partial charge in [-0.25, -0.2) is 0 Å². The van der Waals surface area contributed by atoms with Crippen molar-refractivity contribution < 1.29 is 9.47 Å². The summed E-state index contributed by atoms with van der Waals surface area (Å²) in [4.78, 5) is 9.24. The number of fused-ring (bicyclic) bond motifs is 13. The topological polar surface area (TPSA) is 122 Å². The minimum absolute atomic E-state index is 0.846. The second kappa shape index (κ2) is 16.1. The maximum absolute atomic E-state index is 6.33. The van der Waals surface area contributed by atoms with Gasteiger partial charge in [-0.1, -0.05) is 12.1 Å². The van der Waals surface area contributed by atoms with Gasteiger partial charge < -0.3 is 9.47 Å². The lowest BCUT2D eigenvalue weighted by atomic mass is 9.99. The van der Waals surface area contributed by atoms with Crippen molar-refractivity contribution in [3.05, 3.63) is 108 Å². The standard InChI is InChI=1S/C52H24N8O2S10/c1-61-49-27-13-22-16-40(38-10-8-36(66-38)32-20-26-24(44-48(32)60-72-56-44)18-30(34-6-4-12-64-34)46-42(26)54-70-58-46)68-52(22)50(62-2)28(27)14-21-15-39(67-51(21)49)37-9-7-35(65-37)31-19-25-23(43-47(31)59-71-55-43)17-29(33-5-3-11-63-33)45-41(25)53-69-57-45/h3-20H,1-2H3. The Kier molecular flexibility index (Phi) is 9.44. The maximum atomic E-state index is 6.33. The van der Waals surface area contributed by atoms with Crippen LogP contribution in [0.4, 0.5) is 0 Å². The summed E-state index contributed by atoms with van der Waals surface area (Å²) in [6.07, 6.45) is 0. The van der Waals surface area contributed by atoms with Gasteiger partial charge >= 0.3 is 0 Å². The van der Waals surface area contributed by atoms with E-state index >= 15 is 0 Å². The summed E-state index contributed by atoms with van der Waals surface area (Å²) >= 11 is 15.4. The van der Waals surface area contributed by atoms with Crippen LogP contribution in [0.25, 0.3) is 158 Å². The number of nitrogens with zero attached hydrogens (tertiary/aromatic N) is 8. The third kappa shape index (κ3) is 6.16. The summed E-state index contributed by atoms with van der Waals surface area (Å²) < 4.78 is 53.4. The molecule has 0 bridgehead atoms. The molecule has 10 nitrogen and oxygen atoms in total. The zero-order valence-electron chi connectivity index (χ0n) is 36.9. The molecule has 0 unspecified atom stereocenters. The number of ether oxygens (including phenoxy) is 2. The Bertz CT molecular complexity index is 4570. The minimum Gasteiger partial charge on any atom is -0.495 e. The van der Waals surface area contributed by atoms with E-state index in [4.69, 9.17) is 44.5 Å². The third-order valence-corrected chi connectivity index (χ3v) is 22.1. The highest BCUT2D eigenvalue weighted by Crippen LogP contribution is 2.53. The second-order valence-electron chi connectivity index (χ2n) is 17.0. The molecule has 0 N–H and O–H groups in total. The quantitative estimate of drug-likeness (QED) is 0.145. The van der Waals surface area contributed by atoms with Crippen molar-refractivity contribution in [1.29, 1.82) is 0 Å². The summed E-state index contributed by atoms with van der Waals surface area (Å²) in [5, 5.41) is 12.6. The highest BCUT2D eigenvalue weighted by molar-refractivity contribution is 7.28. The van der Waals surface area contributed by atoms with Gasteiger partial charge in [0.05, 0.1) is 70.5 Å². The Labute approximate surface area is 446 Å². The first-order chi connectivity index (χ1) is 35.6. The summed E-state index contributed by atoms with van der Waals surface area (Å²) in [6.45, 7) is 0. The molecular formula is C52H24N8O2S10. The van der Waals surface area contributed by atoms with E-state index in [0.29, 0.717) is 0 Å². The molecule has 10 heterocycles. The molecule has 20 heteroatoms. The third-order valence-electron chi connectivity index (χ3n) is 13.3. The van der Waals surface area contributed by atoms with Gasteiger partial charge in [-0.2, -0.15) is 35.0 Å². The minimum atomic E-state index is 0.846. The number of hydrogen-bond donors (Lipinski definition) is 0. The zero-order valence-corrected chi connectivity index (χ0v) is 45.0. The van der Waals surface area contributed by atoms with Crippen LogP contribution in [-0.4, -0.2) is 49.2 Å². The molecule has 72 heavy (non-hydrogen) atoms. The molecule has 0 fully saturated rings. The molecular weight excluding hydrogens is 1090 g/mol. The number of benzene rings is 6. The Morgan fingerprint density at radius 3 is 1.01 bits per heavy atom. The molecule has 0 aliphatic carbocycles. The number of rotatable bonds is 8. The van der Waals surface area contributed by atoms with Crippen molar-refractivity contribution in [1.82, 2.24) is 35.0 Å². The summed E-state index contributed by atoms with van der Waals surface area (Å²) in [6, 6.07) is 35.3. The molecule has 6 aromatic carbocycles. The van der Waals surface area contributed by atoms with Crippen LogP contribution in [0.5, 0.6) is 11.5 Å². The predicted octanol–water partition coefficient (Wildman–Crippen LogP) is 17.9. The van der Waals surface area contributed by atoms with Gasteiger partial charge in [0.2, 0.25) is 0 Å². The molecule has 0 saturated carbocycles. The molecule has 10 aromatic heterocycles. The van der Waals surface area contributed by atoms with Crippen molar-refractivity contribution in [3.63, 3.8) is 0 Å². The highest BCUT2D eigenvalue weighted by atomic mass is 32.1. The molecule has 0 radical (unpaired) electrons. The number of aromatic nitrogens is 8. The molecule has 0 aliphatic rings. The monoisotopic (exact) mass is 1110 g/mol. The van der Waals surface area contributed by atoms with Crippen molar-refractivity contribution in [2.24, 2.45) is 0 Å². The van der Waals surface area contributed by atoms with Crippen molar-refractivity contribution in [2.45, 2.75) is 0 Å². The zero-order chi connectivity index (χ0) is 47.3. The van der Waals surface area contributed by atoms with Gasteiger partial charge in [0.1, 0.15) is 55.6 Å². The van der Waals surface area contributed by atoms with Gasteiger partial charge in [-0.05, 0) is 106 Å². The molecule has 0 atom stereocenters. The fraction of sp³-hybridized carbons (Fsp3) is 0.0385. The number of thiophene rings is 6. The van der Waals surface area contributed by atoms with Gasteiger partial charge in [0, 0.05) is 93.6 Å². The van der Waals surface area contributed by atoms with E-state index in [2.05, 4.69) is 108 Å². The van der Waals surface area contributed by atoms with Gasteiger partial charge in [-0.3, -0.25) is 0 Å². The number of methoxy groups -OCH3 is 2. The van der Waals surface area contributed by atoms with Gasteiger partial charge in [-0.15, -0.1) is 68.0 Å². The van der Waals surface area contributed by atoms with Crippen molar-refractivity contribution in [2.75, 3.05) is 14.2 Å². The van der Waals surface area contributed by atoms with E-state index in [1.807, 2.05) is 0 Å². The first-order valence-corrected chi connectivity index (χ1v) is 30.0. The SMILES string of the molecule is COc1c2cc3cc(-c4ccc(-c5cc6c(cc(-c7cccs7)c7nsnc76)c6nsnc56)s4)sc3c(OC)c2cc2cc(-c3ccc(-c4cc5c(cc(-c6cccs6)c6nsnc65)c5nsnc45)s3)sc12. The summed E-state index contributed by atoms with van der Waals surface area (Å²) in [7, 11) is 3.54. The lowest BCUT2D eigenvalue weighted by Gasteiger charge is -2.11. The molecule has 344 valence electrons. The van der Waals surface area contributed by atoms with Crippen LogP contribution in [-0.2, 0) is 0 Å². The average Bonchev–Trinajstić information content (AvgIpc) is 4.26. The summed E-state index contributed by atoms with van der Waals surface area (Å²) in [5.41, 5.74) is 11.5. The van der Waals surface area contributed by atoms with Crippen LogP contribution < -0.4 is 9.47 Å². The molecule has 0 saturated heterocycles. The predicted molar refractivity (Wildman–Crippen MR) is 311 cm³/mol. The Morgan fingerprint density at radius 1 is 0.319 bits per heavy atom. The normalized spacial score (nSPS) is 12.3. The van der Waals surface area contributed by atoms with E-state index in [1.54, 1.807) is 82.2 Å². The molecule has 0 spiro atoms. The van der Waals surface area contributed by atoms with Crippen LogP contribution in [0.15, 0.2) is 108 Å². The van der Waals surface area contributed by atoms with E-state index in [9.17, 15) is 0 Å². The second-order valence-corrected chi connectivity index (χ2v) is 25.3. The highest BCUT2D eigenvalue weighted by Gasteiger charge is 2.25. The van der Waals surface area contributed by atoms with Gasteiger partial charge in [0.15, 0.2) is 0 Å². The fourth-order valence-corrected chi connectivity index (χ4v) is 18.4. The van der Waals surface area contributed by atoms with E-state index in [1.165, 1.54) is 66.4 Å². The fourth-order valence-electron chi connectivity index (χ4n) is 10.1. The van der Waals surface area contributed by atoms with E-state index in [-0.39, 0.29) is 0 Å². The van der Waals surface area contributed by atoms with Crippen LogP contribution >= 0.6 is 115 Å². The maximum Gasteiger partial charge on any atom is 0.144 e. The van der Waals surface area contributed by atoms with Gasteiger partial charge in [0.25, 0.3) is 0 Å². The Hall–Kier alpha value is -6.30. The van der Waals surface area contributed by atoms with E-state index in [0.717, 1.165) is 150 Å². The molecule has 16 aromatic rings. The van der Waals surface area contributed by atoms with Crippen LogP contribution in [0.2, 0.25) is 0 Å². The first-order valence-electron chi connectivity index (χ1n) is 22.1. The Balaban J connectivity index is 0.773. The van der Waals surface area contributed by atoms with Crippen molar-refractivity contribution >= 4 is 212 Å². The Morgan fingerprint density at radius 2 is 0.667 bits per heavy atom. The van der Waals surface area contributed by atoms with Crippen LogP contribution in [0.3, 0.4) is 0 Å². The smallest absolute Gasteiger partial charge is 0.144 e. The van der Waals surface area contributed by atoms with Crippen LogP contribution in [0, 0.1) is 0 Å². The number of hydrogen-bond acceptors (Lipinski definition) is 20.